The van der Waals surface area contributed by atoms with Crippen molar-refractivity contribution in [2.24, 2.45) is 0 Å². The Morgan fingerprint density at radius 2 is 1.86 bits per heavy atom. The maximum absolute atomic E-state index is 13.2. The topological polar surface area (TPSA) is 29.9 Å². The Bertz CT molecular complexity index is 654. The lowest BCUT2D eigenvalue weighted by Gasteiger charge is -2.25. The van der Waals surface area contributed by atoms with E-state index in [1.54, 1.807) is 0 Å². The third-order valence-electron chi connectivity index (χ3n) is 5.00. The lowest BCUT2D eigenvalue weighted by atomic mass is 9.95. The van der Waals surface area contributed by atoms with Crippen molar-refractivity contribution in [2.75, 3.05) is 6.54 Å². The Hall–Kier alpha value is -1.68. The van der Waals surface area contributed by atoms with Crippen LogP contribution in [0.4, 0.5) is 4.39 Å². The van der Waals surface area contributed by atoms with Crippen LogP contribution in [0.15, 0.2) is 24.3 Å². The highest BCUT2D eigenvalue weighted by atomic mass is 19.1. The number of rotatable bonds is 2. The van der Waals surface area contributed by atoms with Crippen molar-refractivity contribution >= 4 is 0 Å². The van der Waals surface area contributed by atoms with E-state index in [0.29, 0.717) is 6.04 Å². The Morgan fingerprint density at radius 3 is 2.64 bits per heavy atom. The molecule has 4 heteroatoms. The van der Waals surface area contributed by atoms with Crippen molar-refractivity contribution in [3.8, 4) is 11.3 Å². The van der Waals surface area contributed by atoms with E-state index in [1.165, 1.54) is 55.5 Å². The van der Waals surface area contributed by atoms with E-state index in [4.69, 9.17) is 5.10 Å². The van der Waals surface area contributed by atoms with Gasteiger partial charge in [0.15, 0.2) is 0 Å². The Balaban J connectivity index is 1.78. The van der Waals surface area contributed by atoms with Gasteiger partial charge in [0.05, 0.1) is 11.7 Å². The van der Waals surface area contributed by atoms with Crippen LogP contribution in [0, 0.1) is 5.82 Å². The second kappa shape index (κ2) is 5.84. The molecule has 1 saturated carbocycles. The van der Waals surface area contributed by atoms with Crippen LogP contribution in [0.25, 0.3) is 11.3 Å². The van der Waals surface area contributed by atoms with Crippen LogP contribution in [0.2, 0.25) is 0 Å². The predicted molar refractivity (Wildman–Crippen MR) is 85.2 cm³/mol. The highest BCUT2D eigenvalue weighted by molar-refractivity contribution is 5.64. The first kappa shape index (κ1) is 13.9. The first-order valence-electron chi connectivity index (χ1n) is 8.40. The lowest BCUT2D eigenvalue weighted by molar-refractivity contribution is 0.320. The number of halogens is 1. The van der Waals surface area contributed by atoms with Gasteiger partial charge in [-0.1, -0.05) is 19.3 Å². The maximum atomic E-state index is 13.2. The molecule has 0 amide bonds. The van der Waals surface area contributed by atoms with E-state index in [-0.39, 0.29) is 5.82 Å². The normalized spacial score (nSPS) is 19.1. The first-order chi connectivity index (χ1) is 10.8. The Labute approximate surface area is 130 Å². The summed E-state index contributed by atoms with van der Waals surface area (Å²) in [6.07, 6.45) is 7.49. The van der Waals surface area contributed by atoms with Gasteiger partial charge in [0, 0.05) is 36.3 Å². The molecule has 0 atom stereocenters. The summed E-state index contributed by atoms with van der Waals surface area (Å²) in [6.45, 7) is 1.89. The lowest BCUT2D eigenvalue weighted by Crippen LogP contribution is -2.26. The fourth-order valence-electron chi connectivity index (χ4n) is 3.84. The van der Waals surface area contributed by atoms with Gasteiger partial charge < -0.3 is 5.32 Å². The smallest absolute Gasteiger partial charge is 0.123 e. The van der Waals surface area contributed by atoms with Gasteiger partial charge in [-0.05, 0) is 37.1 Å². The molecule has 1 fully saturated rings. The molecule has 1 aromatic heterocycles. The molecule has 1 aromatic carbocycles. The van der Waals surface area contributed by atoms with E-state index in [0.717, 1.165) is 30.8 Å². The molecule has 0 unspecified atom stereocenters. The fourth-order valence-corrected chi connectivity index (χ4v) is 3.84. The molecule has 0 bridgehead atoms. The van der Waals surface area contributed by atoms with Gasteiger partial charge in [-0.25, -0.2) is 4.39 Å². The fraction of sp³-hybridized carbons (Fsp3) is 0.500. The van der Waals surface area contributed by atoms with Crippen LogP contribution >= 0.6 is 0 Å². The zero-order chi connectivity index (χ0) is 14.9. The van der Waals surface area contributed by atoms with Gasteiger partial charge in [0.2, 0.25) is 0 Å². The van der Waals surface area contributed by atoms with E-state index < -0.39 is 0 Å². The molecule has 0 spiro atoms. The highest BCUT2D eigenvalue weighted by Gasteiger charge is 2.26. The van der Waals surface area contributed by atoms with E-state index in [1.807, 2.05) is 12.1 Å². The van der Waals surface area contributed by atoms with Crippen molar-refractivity contribution in [1.82, 2.24) is 15.1 Å². The third-order valence-corrected chi connectivity index (χ3v) is 5.00. The van der Waals surface area contributed by atoms with Crippen LogP contribution in [0.1, 0.15) is 49.4 Å². The summed E-state index contributed by atoms with van der Waals surface area (Å²) in [5.74, 6) is -0.192. The zero-order valence-corrected chi connectivity index (χ0v) is 12.8. The Morgan fingerprint density at radius 1 is 1.09 bits per heavy atom. The van der Waals surface area contributed by atoms with E-state index >= 15 is 0 Å². The number of fused-ring (bicyclic) bond motifs is 1. The van der Waals surface area contributed by atoms with E-state index in [9.17, 15) is 4.39 Å². The van der Waals surface area contributed by atoms with Crippen LogP contribution in [-0.2, 0) is 13.0 Å². The molecule has 116 valence electrons. The molecule has 1 aliphatic carbocycles. The minimum Gasteiger partial charge on any atom is -0.312 e. The number of hydrogen-bond acceptors (Lipinski definition) is 2. The largest absolute Gasteiger partial charge is 0.312 e. The number of nitrogens with zero attached hydrogens (tertiary/aromatic N) is 2. The molecule has 1 N–H and O–H groups in total. The number of hydrogen-bond donors (Lipinski definition) is 1. The van der Waals surface area contributed by atoms with Crippen molar-refractivity contribution in [1.29, 1.82) is 0 Å². The summed E-state index contributed by atoms with van der Waals surface area (Å²) in [4.78, 5) is 0. The molecule has 0 radical (unpaired) electrons. The summed E-state index contributed by atoms with van der Waals surface area (Å²) >= 11 is 0. The van der Waals surface area contributed by atoms with Gasteiger partial charge in [0.25, 0.3) is 0 Å². The predicted octanol–water partition coefficient (Wildman–Crippen LogP) is 3.84. The second-order valence-electron chi connectivity index (χ2n) is 6.44. The zero-order valence-electron chi connectivity index (χ0n) is 12.8. The summed E-state index contributed by atoms with van der Waals surface area (Å²) in [6, 6.07) is 7.29. The van der Waals surface area contributed by atoms with Gasteiger partial charge in [-0.3, -0.25) is 4.68 Å². The molecule has 2 aliphatic rings. The number of nitrogens with one attached hydrogen (secondary N) is 1. The molecule has 2 aromatic rings. The minimum absolute atomic E-state index is 0.192. The molecular weight excluding hydrogens is 277 g/mol. The molecular formula is C18H22FN3. The van der Waals surface area contributed by atoms with Gasteiger partial charge in [0.1, 0.15) is 5.82 Å². The monoisotopic (exact) mass is 299 g/mol. The minimum atomic E-state index is -0.192. The summed E-state index contributed by atoms with van der Waals surface area (Å²) in [5, 5.41) is 8.42. The second-order valence-corrected chi connectivity index (χ2v) is 6.44. The highest BCUT2D eigenvalue weighted by Crippen LogP contribution is 2.34. The van der Waals surface area contributed by atoms with Crippen molar-refractivity contribution in [3.63, 3.8) is 0 Å². The first-order valence-corrected chi connectivity index (χ1v) is 8.40. The quantitative estimate of drug-likeness (QED) is 0.913. The molecule has 4 rings (SSSR count). The molecule has 0 saturated heterocycles. The molecule has 3 nitrogen and oxygen atoms in total. The summed E-state index contributed by atoms with van der Waals surface area (Å²) < 4.78 is 15.5. The van der Waals surface area contributed by atoms with Gasteiger partial charge in [-0.15, -0.1) is 0 Å². The number of aromatic nitrogens is 2. The van der Waals surface area contributed by atoms with Crippen molar-refractivity contribution in [2.45, 2.75) is 51.1 Å². The summed E-state index contributed by atoms with van der Waals surface area (Å²) in [7, 11) is 0. The average molecular weight is 299 g/mol. The van der Waals surface area contributed by atoms with Crippen LogP contribution in [0.5, 0.6) is 0 Å². The van der Waals surface area contributed by atoms with Gasteiger partial charge >= 0.3 is 0 Å². The Kier molecular flexibility index (Phi) is 3.70. The average Bonchev–Trinajstić information content (AvgIpc) is 2.96. The number of benzene rings is 1. The van der Waals surface area contributed by atoms with Gasteiger partial charge in [-0.2, -0.15) is 5.10 Å². The molecule has 1 aliphatic heterocycles. The SMILES string of the molecule is Fc1ccc(-c2nn(C3CCCCC3)c3c2CNCC3)cc1. The van der Waals surface area contributed by atoms with E-state index in [2.05, 4.69) is 10.00 Å². The summed E-state index contributed by atoms with van der Waals surface area (Å²) in [5.41, 5.74) is 4.76. The van der Waals surface area contributed by atoms with Crippen molar-refractivity contribution < 1.29 is 4.39 Å². The van der Waals surface area contributed by atoms with Crippen molar-refractivity contribution in [3.05, 3.63) is 41.3 Å². The van der Waals surface area contributed by atoms with Crippen LogP contribution < -0.4 is 5.32 Å². The maximum Gasteiger partial charge on any atom is 0.123 e. The molecule has 2 heterocycles. The van der Waals surface area contributed by atoms with Crippen LogP contribution in [0.3, 0.4) is 0 Å². The molecule has 22 heavy (non-hydrogen) atoms. The van der Waals surface area contributed by atoms with Crippen LogP contribution in [-0.4, -0.2) is 16.3 Å². The standard InChI is InChI=1S/C18H22FN3/c19-14-8-6-13(7-9-14)18-16-12-20-11-10-17(16)22(21-18)15-4-2-1-3-5-15/h6-9,15,20H,1-5,10-12H2. The third kappa shape index (κ3) is 2.45.